The van der Waals surface area contributed by atoms with Crippen LogP contribution >= 0.6 is 0 Å². The summed E-state index contributed by atoms with van der Waals surface area (Å²) in [5.74, 6) is 0.422. The summed E-state index contributed by atoms with van der Waals surface area (Å²) in [6.07, 6.45) is 5.03. The van der Waals surface area contributed by atoms with Crippen LogP contribution in [-0.2, 0) is 6.54 Å². The average Bonchev–Trinajstić information content (AvgIpc) is 3.27. The highest BCUT2D eigenvalue weighted by Gasteiger charge is 2.16. The number of hydrogen-bond donors (Lipinski definition) is 1. The molecule has 0 aliphatic carbocycles. The molecule has 5 nitrogen and oxygen atoms in total. The van der Waals surface area contributed by atoms with Crippen molar-refractivity contribution in [1.29, 1.82) is 0 Å². The van der Waals surface area contributed by atoms with E-state index >= 15 is 0 Å². The maximum atomic E-state index is 13.0. The topological polar surface area (TPSA) is 64.4 Å². The quantitative estimate of drug-likeness (QED) is 0.527. The van der Waals surface area contributed by atoms with Crippen molar-refractivity contribution in [3.63, 3.8) is 0 Å². The summed E-state index contributed by atoms with van der Waals surface area (Å²) in [5, 5.41) is 4.86. The Balaban J connectivity index is 1.54. The van der Waals surface area contributed by atoms with Gasteiger partial charge < -0.3 is 14.5 Å². The largest absolute Gasteiger partial charge is 0.493 e. The van der Waals surface area contributed by atoms with Gasteiger partial charge >= 0.3 is 0 Å². The fraction of sp³-hybridized carbons (Fsp3) is 0.130. The van der Waals surface area contributed by atoms with Crippen molar-refractivity contribution in [2.75, 3.05) is 6.61 Å². The van der Waals surface area contributed by atoms with Crippen molar-refractivity contribution in [3.8, 4) is 17.0 Å². The molecule has 140 valence electrons. The molecular formula is C23H20N2O3. The van der Waals surface area contributed by atoms with Crippen molar-refractivity contribution in [2.24, 2.45) is 0 Å². The van der Waals surface area contributed by atoms with Gasteiger partial charge in [0.2, 0.25) is 0 Å². The summed E-state index contributed by atoms with van der Waals surface area (Å²) in [6.45, 7) is 2.79. The molecule has 0 unspecified atom stereocenters. The fourth-order valence-electron chi connectivity index (χ4n) is 3.14. The summed E-state index contributed by atoms with van der Waals surface area (Å²) in [7, 11) is 0. The third-order valence-corrected chi connectivity index (χ3v) is 4.51. The van der Waals surface area contributed by atoms with Crippen molar-refractivity contribution in [1.82, 2.24) is 10.3 Å². The molecule has 5 heteroatoms. The molecule has 0 saturated carbocycles. The van der Waals surface area contributed by atoms with E-state index in [0.29, 0.717) is 24.5 Å². The van der Waals surface area contributed by atoms with Crippen LogP contribution in [0.4, 0.5) is 0 Å². The first-order chi connectivity index (χ1) is 13.8. The van der Waals surface area contributed by atoms with E-state index in [1.807, 2.05) is 61.5 Å². The van der Waals surface area contributed by atoms with Crippen molar-refractivity contribution < 1.29 is 13.9 Å². The van der Waals surface area contributed by atoms with Crippen LogP contribution in [0.15, 0.2) is 77.7 Å². The number of aromatic nitrogens is 1. The number of furan rings is 1. The Hall–Kier alpha value is -3.60. The molecule has 0 atom stereocenters. The van der Waals surface area contributed by atoms with E-state index in [1.165, 1.54) is 0 Å². The monoisotopic (exact) mass is 372 g/mol. The molecule has 0 bridgehead atoms. The number of ether oxygens (including phenoxy) is 1. The standard InChI is InChI=1S/C23H20N2O3/c1-2-28-21-10-8-17-5-3-4-6-19(17)22(21)23(26)25-14-16-7-9-20(24-13-16)18-11-12-27-15-18/h3-13,15H,2,14H2,1H3,(H,25,26). The first-order valence-corrected chi connectivity index (χ1v) is 9.16. The summed E-state index contributed by atoms with van der Waals surface area (Å²) >= 11 is 0. The van der Waals surface area contributed by atoms with Crippen molar-refractivity contribution in [3.05, 3.63) is 84.4 Å². The Morgan fingerprint density at radius 2 is 2.00 bits per heavy atom. The molecule has 4 aromatic rings. The number of carbonyl (C=O) groups is 1. The van der Waals surface area contributed by atoms with Crippen LogP contribution in [0.1, 0.15) is 22.8 Å². The molecule has 0 aliphatic heterocycles. The van der Waals surface area contributed by atoms with Gasteiger partial charge in [0, 0.05) is 18.3 Å². The second kappa shape index (κ2) is 7.96. The number of nitrogens with one attached hydrogen (secondary N) is 1. The summed E-state index contributed by atoms with van der Waals surface area (Å²) in [4.78, 5) is 17.4. The van der Waals surface area contributed by atoms with Crippen LogP contribution < -0.4 is 10.1 Å². The van der Waals surface area contributed by atoms with Crippen LogP contribution in [-0.4, -0.2) is 17.5 Å². The molecule has 0 spiro atoms. The lowest BCUT2D eigenvalue weighted by Gasteiger charge is -2.13. The second-order valence-corrected chi connectivity index (χ2v) is 6.34. The molecular weight excluding hydrogens is 352 g/mol. The zero-order valence-corrected chi connectivity index (χ0v) is 15.5. The van der Waals surface area contributed by atoms with Gasteiger partial charge in [0.25, 0.3) is 5.91 Å². The van der Waals surface area contributed by atoms with E-state index in [1.54, 1.807) is 18.7 Å². The molecule has 0 fully saturated rings. The van der Waals surface area contributed by atoms with Crippen LogP contribution in [0, 0.1) is 0 Å². The molecule has 1 N–H and O–H groups in total. The van der Waals surface area contributed by atoms with Crippen molar-refractivity contribution >= 4 is 16.7 Å². The van der Waals surface area contributed by atoms with Gasteiger partial charge in [-0.3, -0.25) is 9.78 Å². The predicted molar refractivity (Wildman–Crippen MR) is 108 cm³/mol. The number of carbonyl (C=O) groups excluding carboxylic acids is 1. The summed E-state index contributed by atoms with van der Waals surface area (Å²) in [6, 6.07) is 17.3. The van der Waals surface area contributed by atoms with Crippen molar-refractivity contribution in [2.45, 2.75) is 13.5 Å². The Labute approximate surface area is 163 Å². The maximum Gasteiger partial charge on any atom is 0.255 e. The van der Waals surface area contributed by atoms with Gasteiger partial charge in [-0.15, -0.1) is 0 Å². The van der Waals surface area contributed by atoms with E-state index in [-0.39, 0.29) is 5.91 Å². The van der Waals surface area contributed by atoms with Crippen LogP contribution in [0.3, 0.4) is 0 Å². The van der Waals surface area contributed by atoms with Gasteiger partial charge in [-0.25, -0.2) is 0 Å². The smallest absolute Gasteiger partial charge is 0.255 e. The number of fused-ring (bicyclic) bond motifs is 1. The maximum absolute atomic E-state index is 13.0. The molecule has 0 radical (unpaired) electrons. The molecule has 2 aromatic heterocycles. The van der Waals surface area contributed by atoms with E-state index < -0.39 is 0 Å². The van der Waals surface area contributed by atoms with E-state index in [9.17, 15) is 4.79 Å². The van der Waals surface area contributed by atoms with Gasteiger partial charge in [-0.05, 0) is 41.5 Å². The highest BCUT2D eigenvalue weighted by molar-refractivity contribution is 6.09. The molecule has 4 rings (SSSR count). The lowest BCUT2D eigenvalue weighted by atomic mass is 10.0. The van der Waals surface area contributed by atoms with E-state index in [4.69, 9.17) is 9.15 Å². The minimum absolute atomic E-state index is 0.167. The molecule has 2 aromatic carbocycles. The minimum Gasteiger partial charge on any atom is -0.493 e. The number of rotatable bonds is 6. The van der Waals surface area contributed by atoms with Gasteiger partial charge in [0.15, 0.2) is 0 Å². The van der Waals surface area contributed by atoms with Gasteiger partial charge in [-0.1, -0.05) is 36.4 Å². The number of nitrogens with zero attached hydrogens (tertiary/aromatic N) is 1. The molecule has 2 heterocycles. The molecule has 28 heavy (non-hydrogen) atoms. The molecule has 0 aliphatic rings. The first-order valence-electron chi connectivity index (χ1n) is 9.16. The SMILES string of the molecule is CCOc1ccc2ccccc2c1C(=O)NCc1ccc(-c2ccoc2)nc1. The zero-order valence-electron chi connectivity index (χ0n) is 15.5. The lowest BCUT2D eigenvalue weighted by Crippen LogP contribution is -2.24. The van der Waals surface area contributed by atoms with Gasteiger partial charge in [0.05, 0.1) is 30.4 Å². The van der Waals surface area contributed by atoms with Crippen LogP contribution in [0.25, 0.3) is 22.0 Å². The zero-order chi connectivity index (χ0) is 19.3. The lowest BCUT2D eigenvalue weighted by molar-refractivity contribution is 0.0949. The van der Waals surface area contributed by atoms with E-state index in [0.717, 1.165) is 27.6 Å². The van der Waals surface area contributed by atoms with Crippen LogP contribution in [0.5, 0.6) is 5.75 Å². The predicted octanol–water partition coefficient (Wildman–Crippen LogP) is 4.82. The summed E-state index contributed by atoms with van der Waals surface area (Å²) in [5.41, 5.74) is 3.23. The molecule has 0 saturated heterocycles. The Kier molecular flexibility index (Phi) is 5.06. The highest BCUT2D eigenvalue weighted by Crippen LogP contribution is 2.28. The minimum atomic E-state index is -0.167. The van der Waals surface area contributed by atoms with Crippen LogP contribution in [0.2, 0.25) is 0 Å². The number of pyridine rings is 1. The Morgan fingerprint density at radius 1 is 1.11 bits per heavy atom. The Bertz CT molecular complexity index is 1090. The normalized spacial score (nSPS) is 10.8. The summed E-state index contributed by atoms with van der Waals surface area (Å²) < 4.78 is 10.8. The number of hydrogen-bond acceptors (Lipinski definition) is 4. The first kappa shape index (κ1) is 17.8. The Morgan fingerprint density at radius 3 is 2.75 bits per heavy atom. The fourth-order valence-corrected chi connectivity index (χ4v) is 3.14. The number of amides is 1. The average molecular weight is 372 g/mol. The second-order valence-electron chi connectivity index (χ2n) is 6.34. The van der Waals surface area contributed by atoms with Gasteiger partial charge in [-0.2, -0.15) is 0 Å². The highest BCUT2D eigenvalue weighted by atomic mass is 16.5. The third kappa shape index (κ3) is 3.60. The third-order valence-electron chi connectivity index (χ3n) is 4.51. The molecule has 1 amide bonds. The van der Waals surface area contributed by atoms with Gasteiger partial charge in [0.1, 0.15) is 5.75 Å². The number of benzene rings is 2. The van der Waals surface area contributed by atoms with E-state index in [2.05, 4.69) is 10.3 Å².